The van der Waals surface area contributed by atoms with Crippen LogP contribution in [0, 0.1) is 0 Å². The molecule has 0 amide bonds. The van der Waals surface area contributed by atoms with Crippen LogP contribution < -0.4 is 5.32 Å². The molecule has 19 heavy (non-hydrogen) atoms. The van der Waals surface area contributed by atoms with Gasteiger partial charge in [-0.15, -0.1) is 0 Å². The highest BCUT2D eigenvalue weighted by Crippen LogP contribution is 2.14. The molecule has 0 aliphatic carbocycles. The van der Waals surface area contributed by atoms with Crippen LogP contribution in [0.2, 0.25) is 0 Å². The number of hydrogen-bond acceptors (Lipinski definition) is 2. The highest BCUT2D eigenvalue weighted by atomic mass is 16.3. The van der Waals surface area contributed by atoms with Crippen LogP contribution in [-0.2, 0) is 13.0 Å². The first-order valence-corrected chi connectivity index (χ1v) is 6.88. The van der Waals surface area contributed by atoms with Gasteiger partial charge in [0.2, 0.25) is 0 Å². The smallest absolute Gasteiger partial charge is 0.120 e. The van der Waals surface area contributed by atoms with Gasteiger partial charge in [0.05, 0.1) is 0 Å². The molecule has 0 fully saturated rings. The van der Waals surface area contributed by atoms with Crippen LogP contribution in [-0.4, -0.2) is 11.7 Å². The van der Waals surface area contributed by atoms with E-state index in [2.05, 4.69) is 35.6 Å². The maximum atomic E-state index is 9.62. The Morgan fingerprint density at radius 3 is 2.37 bits per heavy atom. The molecule has 0 aromatic heterocycles. The summed E-state index contributed by atoms with van der Waals surface area (Å²) in [6.07, 6.45) is 3.49. The Hall–Kier alpha value is -1.80. The molecule has 100 valence electrons. The molecule has 0 unspecified atom stereocenters. The lowest BCUT2D eigenvalue weighted by molar-refractivity contribution is 0.464. The fourth-order valence-electron chi connectivity index (χ4n) is 2.11. The van der Waals surface area contributed by atoms with Gasteiger partial charge in [-0.05, 0) is 37.4 Å². The zero-order chi connectivity index (χ0) is 13.3. The molecule has 2 aromatic rings. The van der Waals surface area contributed by atoms with Crippen LogP contribution in [0.3, 0.4) is 0 Å². The first-order chi connectivity index (χ1) is 9.36. The summed E-state index contributed by atoms with van der Waals surface area (Å²) in [6, 6.07) is 18.1. The minimum absolute atomic E-state index is 0.374. The van der Waals surface area contributed by atoms with E-state index in [0.717, 1.165) is 31.5 Å². The number of hydrogen-bond donors (Lipinski definition) is 2. The lowest BCUT2D eigenvalue weighted by Crippen LogP contribution is -2.14. The molecule has 0 radical (unpaired) electrons. The fourth-order valence-corrected chi connectivity index (χ4v) is 2.11. The van der Waals surface area contributed by atoms with Crippen molar-refractivity contribution in [3.8, 4) is 5.75 Å². The summed E-state index contributed by atoms with van der Waals surface area (Å²) in [5.41, 5.74) is 2.37. The molecule has 2 heteroatoms. The summed E-state index contributed by atoms with van der Waals surface area (Å²) in [5, 5.41) is 13.0. The maximum absolute atomic E-state index is 9.62. The van der Waals surface area contributed by atoms with Crippen molar-refractivity contribution >= 4 is 0 Å². The van der Waals surface area contributed by atoms with Gasteiger partial charge < -0.3 is 10.4 Å². The number of phenolic OH excluding ortho intramolecular Hbond substituents is 1. The molecule has 0 heterocycles. The van der Waals surface area contributed by atoms with Gasteiger partial charge in [0.1, 0.15) is 5.75 Å². The highest BCUT2D eigenvalue weighted by Gasteiger charge is 1.98. The minimum Gasteiger partial charge on any atom is -0.508 e. The van der Waals surface area contributed by atoms with Gasteiger partial charge in [-0.25, -0.2) is 0 Å². The molecule has 2 rings (SSSR count). The topological polar surface area (TPSA) is 32.3 Å². The number of rotatable bonds is 7. The molecule has 0 spiro atoms. The molecule has 2 N–H and O–H groups in total. The van der Waals surface area contributed by atoms with Gasteiger partial charge in [-0.3, -0.25) is 0 Å². The van der Waals surface area contributed by atoms with Gasteiger partial charge in [-0.2, -0.15) is 0 Å². The average Bonchev–Trinajstić information content (AvgIpc) is 2.45. The van der Waals surface area contributed by atoms with Crippen LogP contribution in [0.25, 0.3) is 0 Å². The van der Waals surface area contributed by atoms with Crippen LogP contribution in [0.5, 0.6) is 5.75 Å². The predicted octanol–water partition coefficient (Wildman–Crippen LogP) is 3.50. The van der Waals surface area contributed by atoms with Crippen molar-refractivity contribution in [3.05, 3.63) is 65.7 Å². The van der Waals surface area contributed by atoms with Gasteiger partial charge in [0.15, 0.2) is 0 Å². The monoisotopic (exact) mass is 255 g/mol. The van der Waals surface area contributed by atoms with E-state index in [1.54, 1.807) is 6.07 Å². The number of aromatic hydroxyl groups is 1. The van der Waals surface area contributed by atoms with Gasteiger partial charge in [0.25, 0.3) is 0 Å². The maximum Gasteiger partial charge on any atom is 0.120 e. The Morgan fingerprint density at radius 2 is 1.58 bits per heavy atom. The second-order valence-electron chi connectivity index (χ2n) is 4.75. The van der Waals surface area contributed by atoms with E-state index in [1.165, 1.54) is 12.0 Å². The van der Waals surface area contributed by atoms with Crippen LogP contribution in [0.1, 0.15) is 24.0 Å². The molecule has 0 aliphatic rings. The van der Waals surface area contributed by atoms with E-state index in [-0.39, 0.29) is 0 Å². The van der Waals surface area contributed by atoms with Crippen molar-refractivity contribution in [1.29, 1.82) is 0 Å². The lowest BCUT2D eigenvalue weighted by Gasteiger charge is -2.06. The van der Waals surface area contributed by atoms with Crippen molar-refractivity contribution in [2.45, 2.75) is 25.8 Å². The lowest BCUT2D eigenvalue weighted by atomic mass is 10.1. The summed E-state index contributed by atoms with van der Waals surface area (Å²) >= 11 is 0. The van der Waals surface area contributed by atoms with E-state index in [0.29, 0.717) is 5.75 Å². The molecule has 0 saturated heterocycles. The van der Waals surface area contributed by atoms with Crippen molar-refractivity contribution in [1.82, 2.24) is 5.32 Å². The number of phenols is 1. The Morgan fingerprint density at radius 1 is 0.842 bits per heavy atom. The van der Waals surface area contributed by atoms with Crippen LogP contribution >= 0.6 is 0 Å². The summed E-state index contributed by atoms with van der Waals surface area (Å²) in [7, 11) is 0. The molecule has 0 bridgehead atoms. The first kappa shape index (κ1) is 13.6. The van der Waals surface area contributed by atoms with Crippen molar-refractivity contribution in [2.24, 2.45) is 0 Å². The van der Waals surface area contributed by atoms with E-state index in [1.807, 2.05) is 18.2 Å². The third kappa shape index (κ3) is 4.76. The Balaban J connectivity index is 1.59. The van der Waals surface area contributed by atoms with Crippen LogP contribution in [0.15, 0.2) is 54.6 Å². The summed E-state index contributed by atoms with van der Waals surface area (Å²) in [4.78, 5) is 0. The van der Waals surface area contributed by atoms with E-state index >= 15 is 0 Å². The summed E-state index contributed by atoms with van der Waals surface area (Å²) in [6.45, 7) is 1.72. The molecule has 2 nitrogen and oxygen atoms in total. The second kappa shape index (κ2) is 7.59. The predicted molar refractivity (Wildman–Crippen MR) is 79.2 cm³/mol. The Bertz CT molecular complexity index is 482. The third-order valence-electron chi connectivity index (χ3n) is 3.22. The largest absolute Gasteiger partial charge is 0.508 e. The normalized spacial score (nSPS) is 10.5. The fraction of sp³-hybridized carbons (Fsp3) is 0.294. The molecule has 0 aliphatic heterocycles. The minimum atomic E-state index is 0.374. The molecule has 0 saturated carbocycles. The van der Waals surface area contributed by atoms with E-state index in [4.69, 9.17) is 0 Å². The zero-order valence-electron chi connectivity index (χ0n) is 11.2. The molecule has 0 atom stereocenters. The first-order valence-electron chi connectivity index (χ1n) is 6.88. The average molecular weight is 255 g/mol. The molecular formula is C17H21NO. The quantitative estimate of drug-likeness (QED) is 0.742. The van der Waals surface area contributed by atoms with E-state index < -0.39 is 0 Å². The Kier molecular flexibility index (Phi) is 5.45. The van der Waals surface area contributed by atoms with Gasteiger partial charge in [0, 0.05) is 12.1 Å². The van der Waals surface area contributed by atoms with Crippen molar-refractivity contribution < 1.29 is 5.11 Å². The number of aryl methyl sites for hydroxylation is 1. The van der Waals surface area contributed by atoms with Crippen LogP contribution in [0.4, 0.5) is 0 Å². The van der Waals surface area contributed by atoms with Crippen molar-refractivity contribution in [2.75, 3.05) is 6.54 Å². The van der Waals surface area contributed by atoms with Crippen molar-refractivity contribution in [3.63, 3.8) is 0 Å². The number of para-hydroxylation sites is 1. The van der Waals surface area contributed by atoms with E-state index in [9.17, 15) is 5.11 Å². The van der Waals surface area contributed by atoms with Gasteiger partial charge in [-0.1, -0.05) is 48.5 Å². The zero-order valence-corrected chi connectivity index (χ0v) is 11.2. The second-order valence-corrected chi connectivity index (χ2v) is 4.75. The number of nitrogens with one attached hydrogen (secondary N) is 1. The molecular weight excluding hydrogens is 234 g/mol. The number of benzene rings is 2. The number of unbranched alkanes of at least 4 members (excludes halogenated alkanes) is 1. The standard InChI is InChI=1S/C17H21NO/c19-17-12-5-4-11-16(17)14-18-13-7-6-10-15-8-2-1-3-9-15/h1-5,8-9,11-12,18-19H,6-7,10,13-14H2. The third-order valence-corrected chi connectivity index (χ3v) is 3.22. The molecule has 2 aromatic carbocycles. The Labute approximate surface area is 115 Å². The summed E-state index contributed by atoms with van der Waals surface area (Å²) in [5.74, 6) is 0.374. The SMILES string of the molecule is Oc1ccccc1CNCCCCc1ccccc1. The van der Waals surface area contributed by atoms with Gasteiger partial charge >= 0.3 is 0 Å². The summed E-state index contributed by atoms with van der Waals surface area (Å²) < 4.78 is 0. The highest BCUT2D eigenvalue weighted by molar-refractivity contribution is 5.31.